The molecule has 0 bridgehead atoms. The van der Waals surface area contributed by atoms with Crippen molar-refractivity contribution in [3.63, 3.8) is 0 Å². The first kappa shape index (κ1) is 33.6. The normalized spacial score (nSPS) is 14.8. The van der Waals surface area contributed by atoms with Crippen LogP contribution in [0.3, 0.4) is 0 Å². The lowest BCUT2D eigenvalue weighted by atomic mass is 9.98. The number of aryl methyl sites for hydroxylation is 6. The lowest BCUT2D eigenvalue weighted by Crippen LogP contribution is -2.37. The van der Waals surface area contributed by atoms with Gasteiger partial charge in [0.05, 0.1) is 28.4 Å². The molecule has 1 aliphatic rings. The Morgan fingerprint density at radius 3 is 2.44 bits per heavy atom. The van der Waals surface area contributed by atoms with Crippen LogP contribution in [0.15, 0.2) is 48.5 Å². The van der Waals surface area contributed by atoms with Crippen LogP contribution in [-0.2, 0) is 26.6 Å². The van der Waals surface area contributed by atoms with Crippen molar-refractivity contribution in [3.05, 3.63) is 103 Å². The minimum Gasteiger partial charge on any atom is -0.494 e. The van der Waals surface area contributed by atoms with Gasteiger partial charge in [0, 0.05) is 53.4 Å². The fraction of sp³-hybridized carbons (Fsp3) is 0.342. The highest BCUT2D eigenvalue weighted by Gasteiger charge is 2.34. The van der Waals surface area contributed by atoms with Crippen molar-refractivity contribution in [3.8, 4) is 16.9 Å². The Morgan fingerprint density at radius 1 is 1.04 bits per heavy atom. The van der Waals surface area contributed by atoms with E-state index >= 15 is 0 Å². The van der Waals surface area contributed by atoms with Crippen LogP contribution in [-0.4, -0.2) is 48.9 Å². The van der Waals surface area contributed by atoms with Gasteiger partial charge in [0.25, 0.3) is 5.91 Å². The lowest BCUT2D eigenvalue weighted by molar-refractivity contribution is 0.0676. The highest BCUT2D eigenvalue weighted by Crippen LogP contribution is 2.43. The van der Waals surface area contributed by atoms with Crippen molar-refractivity contribution < 1.29 is 19.4 Å². The van der Waals surface area contributed by atoms with Gasteiger partial charge in [-0.1, -0.05) is 41.4 Å². The van der Waals surface area contributed by atoms with Crippen molar-refractivity contribution in [1.82, 2.24) is 19.2 Å². The first-order valence-corrected chi connectivity index (χ1v) is 17.0. The second kappa shape index (κ2) is 13.3. The number of nitrogens with zero attached hydrogens (tertiary/aromatic N) is 4. The van der Waals surface area contributed by atoms with Crippen LogP contribution in [0.5, 0.6) is 5.75 Å². The standard InChI is InChI=1S/C38H40Cl2N4O4/c1-21-17-28(18-22(2)34(21)40)48-16-8-11-29-30-12-13-31(39)33(32-24(4)41-42(6)25(32)5)35(30)43-15-14-23(3)44(37(45)36(29)43)20-26-9-7-10-27(19-26)38(46)47/h7,9-10,12-13,17-19,23H,8,11,14-16,20H2,1-6H3,(H,46,47). The van der Waals surface area contributed by atoms with Gasteiger partial charge < -0.3 is 19.3 Å². The zero-order chi connectivity index (χ0) is 34.4. The highest BCUT2D eigenvalue weighted by atomic mass is 35.5. The third kappa shape index (κ3) is 6.08. The molecule has 0 aliphatic carbocycles. The number of aromatic nitrogens is 3. The molecule has 0 saturated carbocycles. The SMILES string of the molecule is Cc1cc(OCCCc2c3n(c4c(-c5c(C)nn(C)c5C)c(Cl)ccc24)CCC(C)N(Cc2cccc(C(=O)O)c2)C3=O)cc(C)c1Cl. The number of carboxylic acid groups (broad SMARTS) is 1. The number of carbonyl (C=O) groups is 2. The highest BCUT2D eigenvalue weighted by molar-refractivity contribution is 6.35. The molecule has 2 aromatic heterocycles. The van der Waals surface area contributed by atoms with Gasteiger partial charge in [-0.25, -0.2) is 4.79 Å². The molecule has 6 rings (SSSR count). The zero-order valence-electron chi connectivity index (χ0n) is 28.2. The largest absolute Gasteiger partial charge is 0.494 e. The average molecular weight is 688 g/mol. The van der Waals surface area contributed by atoms with E-state index in [0.29, 0.717) is 43.3 Å². The molecular formula is C38H40Cl2N4O4. The number of carbonyl (C=O) groups excluding carboxylic acids is 1. The van der Waals surface area contributed by atoms with Gasteiger partial charge in [-0.2, -0.15) is 5.10 Å². The number of rotatable bonds is 9. The Bertz CT molecular complexity index is 2060. The predicted octanol–water partition coefficient (Wildman–Crippen LogP) is 8.73. The maximum Gasteiger partial charge on any atom is 0.335 e. The minimum atomic E-state index is -0.994. The number of halogens is 2. The van der Waals surface area contributed by atoms with E-state index in [1.54, 1.807) is 18.2 Å². The van der Waals surface area contributed by atoms with E-state index in [1.807, 2.05) is 74.7 Å². The van der Waals surface area contributed by atoms with E-state index in [2.05, 4.69) is 11.5 Å². The molecule has 250 valence electrons. The molecule has 0 saturated heterocycles. The molecular weight excluding hydrogens is 647 g/mol. The summed E-state index contributed by atoms with van der Waals surface area (Å²) in [5, 5.41) is 16.6. The van der Waals surface area contributed by atoms with E-state index in [0.717, 1.165) is 72.9 Å². The number of ether oxygens (including phenoxy) is 1. The summed E-state index contributed by atoms with van der Waals surface area (Å²) < 4.78 is 10.2. The number of aromatic carboxylic acids is 1. The van der Waals surface area contributed by atoms with Crippen LogP contribution in [0.25, 0.3) is 22.0 Å². The summed E-state index contributed by atoms with van der Waals surface area (Å²) in [6, 6.07) is 14.6. The molecule has 10 heteroatoms. The molecule has 0 spiro atoms. The Kier molecular flexibility index (Phi) is 9.33. The molecule has 1 N–H and O–H groups in total. The minimum absolute atomic E-state index is 0.0847. The van der Waals surface area contributed by atoms with E-state index < -0.39 is 5.97 Å². The maximum absolute atomic E-state index is 14.8. The van der Waals surface area contributed by atoms with Crippen molar-refractivity contribution in [2.45, 2.75) is 73.0 Å². The molecule has 3 aromatic carbocycles. The fourth-order valence-corrected chi connectivity index (χ4v) is 7.41. The monoisotopic (exact) mass is 686 g/mol. The topological polar surface area (TPSA) is 89.6 Å². The average Bonchev–Trinajstić information content (AvgIpc) is 3.45. The molecule has 1 atom stereocenters. The van der Waals surface area contributed by atoms with Crippen LogP contribution in [0.1, 0.15) is 74.3 Å². The number of hydrogen-bond acceptors (Lipinski definition) is 4. The quantitative estimate of drug-likeness (QED) is 0.157. The van der Waals surface area contributed by atoms with Gasteiger partial charge in [-0.15, -0.1) is 0 Å². The van der Waals surface area contributed by atoms with Gasteiger partial charge >= 0.3 is 5.97 Å². The molecule has 3 heterocycles. The number of amides is 1. The van der Waals surface area contributed by atoms with Crippen molar-refractivity contribution in [2.24, 2.45) is 7.05 Å². The number of benzene rings is 3. The number of hydrogen-bond donors (Lipinski definition) is 1. The van der Waals surface area contributed by atoms with Crippen molar-refractivity contribution in [2.75, 3.05) is 6.61 Å². The molecule has 8 nitrogen and oxygen atoms in total. The van der Waals surface area contributed by atoms with Crippen LogP contribution in [0.4, 0.5) is 0 Å². The summed E-state index contributed by atoms with van der Waals surface area (Å²) in [6.07, 6.45) is 2.01. The van der Waals surface area contributed by atoms with Crippen LogP contribution in [0.2, 0.25) is 10.0 Å². The molecule has 1 unspecified atom stereocenters. The van der Waals surface area contributed by atoms with Crippen molar-refractivity contribution >= 4 is 46.0 Å². The second-order valence-electron chi connectivity index (χ2n) is 12.9. The van der Waals surface area contributed by atoms with Crippen molar-refractivity contribution in [1.29, 1.82) is 0 Å². The zero-order valence-corrected chi connectivity index (χ0v) is 29.7. The van der Waals surface area contributed by atoms with Gasteiger partial charge in [0.2, 0.25) is 0 Å². The predicted molar refractivity (Wildman–Crippen MR) is 191 cm³/mol. The molecule has 1 aliphatic heterocycles. The van der Waals surface area contributed by atoms with Crippen LogP contribution in [0, 0.1) is 27.7 Å². The first-order valence-electron chi connectivity index (χ1n) is 16.2. The fourth-order valence-electron chi connectivity index (χ4n) is 7.05. The van der Waals surface area contributed by atoms with Gasteiger partial charge in [0.15, 0.2) is 0 Å². The molecule has 5 aromatic rings. The second-order valence-corrected chi connectivity index (χ2v) is 13.7. The van der Waals surface area contributed by atoms with E-state index in [1.165, 1.54) is 0 Å². The molecule has 0 fully saturated rings. The Labute approximate surface area is 290 Å². The molecule has 48 heavy (non-hydrogen) atoms. The summed E-state index contributed by atoms with van der Waals surface area (Å²) in [5.41, 5.74) is 9.17. The summed E-state index contributed by atoms with van der Waals surface area (Å²) >= 11 is 13.4. The Morgan fingerprint density at radius 2 is 1.77 bits per heavy atom. The Hall–Kier alpha value is -4.27. The van der Waals surface area contributed by atoms with Crippen LogP contribution < -0.4 is 4.74 Å². The van der Waals surface area contributed by atoms with Gasteiger partial charge in [0.1, 0.15) is 11.4 Å². The Balaban J connectivity index is 1.45. The lowest BCUT2D eigenvalue weighted by Gasteiger charge is -2.27. The summed E-state index contributed by atoms with van der Waals surface area (Å²) in [6.45, 7) is 11.4. The van der Waals surface area contributed by atoms with E-state index in [-0.39, 0.29) is 17.5 Å². The molecule has 0 radical (unpaired) electrons. The summed E-state index contributed by atoms with van der Waals surface area (Å²) in [4.78, 5) is 28.4. The maximum atomic E-state index is 14.8. The van der Waals surface area contributed by atoms with Crippen LogP contribution >= 0.6 is 23.2 Å². The van der Waals surface area contributed by atoms with E-state index in [9.17, 15) is 14.7 Å². The third-order valence-corrected chi connectivity index (χ3v) is 10.5. The summed E-state index contributed by atoms with van der Waals surface area (Å²) in [5.74, 6) is -0.309. The first-order chi connectivity index (χ1) is 22.9. The molecule has 1 amide bonds. The summed E-state index contributed by atoms with van der Waals surface area (Å²) in [7, 11) is 1.93. The van der Waals surface area contributed by atoms with Gasteiger partial charge in [-0.3, -0.25) is 9.48 Å². The van der Waals surface area contributed by atoms with E-state index in [4.69, 9.17) is 33.0 Å². The third-order valence-electron chi connectivity index (χ3n) is 9.58. The number of fused-ring (bicyclic) bond motifs is 3. The van der Waals surface area contributed by atoms with Gasteiger partial charge in [-0.05, 0) is 106 Å². The smallest absolute Gasteiger partial charge is 0.335 e. The number of carboxylic acids is 1.